The molecule has 2 unspecified atom stereocenters. The lowest BCUT2D eigenvalue weighted by molar-refractivity contribution is 0.307. The summed E-state index contributed by atoms with van der Waals surface area (Å²) in [5, 5.41) is 3.73. The summed E-state index contributed by atoms with van der Waals surface area (Å²) in [5.41, 5.74) is 0.568. The van der Waals surface area contributed by atoms with E-state index in [-0.39, 0.29) is 0 Å². The van der Waals surface area contributed by atoms with E-state index in [1.807, 2.05) is 6.08 Å². The quantitative estimate of drug-likeness (QED) is 0.547. The molecule has 0 saturated heterocycles. The van der Waals surface area contributed by atoms with Gasteiger partial charge in [0.2, 0.25) is 0 Å². The van der Waals surface area contributed by atoms with Crippen molar-refractivity contribution in [2.24, 2.45) is 5.41 Å². The fourth-order valence-corrected chi connectivity index (χ4v) is 2.55. The van der Waals surface area contributed by atoms with Crippen LogP contribution in [0, 0.1) is 5.41 Å². The Morgan fingerprint density at radius 1 is 1.40 bits per heavy atom. The first-order chi connectivity index (χ1) is 7.03. The highest BCUT2D eigenvalue weighted by Gasteiger charge is 2.24. The third-order valence-corrected chi connectivity index (χ3v) is 3.62. The molecule has 1 rings (SSSR count). The zero-order valence-corrected chi connectivity index (χ0v) is 10.7. The Labute approximate surface area is 95.3 Å². The minimum atomic E-state index is 0.568. The van der Waals surface area contributed by atoms with E-state index in [2.05, 4.69) is 32.7 Å². The molecule has 0 radical (unpaired) electrons. The lowest BCUT2D eigenvalue weighted by atomic mass is 9.85. The van der Waals surface area contributed by atoms with Crippen molar-refractivity contribution >= 4 is 0 Å². The summed E-state index contributed by atoms with van der Waals surface area (Å²) < 4.78 is 0. The van der Waals surface area contributed by atoms with Crippen LogP contribution < -0.4 is 5.32 Å². The van der Waals surface area contributed by atoms with Gasteiger partial charge in [0.05, 0.1) is 0 Å². The molecule has 0 bridgehead atoms. The van der Waals surface area contributed by atoms with Gasteiger partial charge in [-0.25, -0.2) is 0 Å². The number of rotatable bonds is 4. The smallest absolute Gasteiger partial charge is 0.00757 e. The fraction of sp³-hybridized carbons (Fsp3) is 0.857. The molecule has 0 spiro atoms. The molecule has 15 heavy (non-hydrogen) atoms. The second-order valence-electron chi connectivity index (χ2n) is 5.88. The molecule has 1 aliphatic rings. The number of nitrogens with one attached hydrogen (secondary N) is 1. The first-order valence-corrected chi connectivity index (χ1v) is 6.40. The van der Waals surface area contributed by atoms with Gasteiger partial charge < -0.3 is 5.32 Å². The zero-order chi connectivity index (χ0) is 11.3. The van der Waals surface area contributed by atoms with Crippen LogP contribution in [-0.2, 0) is 0 Å². The summed E-state index contributed by atoms with van der Waals surface area (Å²) in [5.74, 6) is 0. The van der Waals surface area contributed by atoms with Crippen molar-refractivity contribution in [1.29, 1.82) is 0 Å². The molecule has 88 valence electrons. The van der Waals surface area contributed by atoms with Crippen molar-refractivity contribution in [2.45, 2.75) is 71.4 Å². The van der Waals surface area contributed by atoms with E-state index in [4.69, 9.17) is 0 Å². The standard InChI is InChI=1S/C14H27N/c1-5-7-12(2)15-13-8-6-10-14(3,4)11-9-13/h5,12-13,15H,1,6-11H2,2-4H3. The number of hydrogen-bond donors (Lipinski definition) is 1. The van der Waals surface area contributed by atoms with Crippen LogP contribution in [0.5, 0.6) is 0 Å². The van der Waals surface area contributed by atoms with Crippen LogP contribution in [0.3, 0.4) is 0 Å². The third-order valence-electron chi connectivity index (χ3n) is 3.62. The van der Waals surface area contributed by atoms with Gasteiger partial charge in [-0.2, -0.15) is 0 Å². The van der Waals surface area contributed by atoms with E-state index >= 15 is 0 Å². The van der Waals surface area contributed by atoms with Gasteiger partial charge in [0.15, 0.2) is 0 Å². The molecule has 1 saturated carbocycles. The van der Waals surface area contributed by atoms with Crippen molar-refractivity contribution in [3.05, 3.63) is 12.7 Å². The fourth-order valence-electron chi connectivity index (χ4n) is 2.55. The third kappa shape index (κ3) is 4.83. The molecule has 0 aromatic rings. The monoisotopic (exact) mass is 209 g/mol. The lowest BCUT2D eigenvalue weighted by Crippen LogP contribution is -2.36. The Bertz CT molecular complexity index is 196. The van der Waals surface area contributed by atoms with Crippen LogP contribution in [0.2, 0.25) is 0 Å². The maximum Gasteiger partial charge on any atom is 0.00757 e. The molecule has 0 aromatic carbocycles. The molecule has 1 heteroatoms. The Hall–Kier alpha value is -0.300. The molecule has 1 aliphatic carbocycles. The molecule has 1 N–H and O–H groups in total. The van der Waals surface area contributed by atoms with Crippen molar-refractivity contribution < 1.29 is 0 Å². The topological polar surface area (TPSA) is 12.0 Å². The Kier molecular flexibility index (Phi) is 4.85. The highest BCUT2D eigenvalue weighted by Crippen LogP contribution is 2.33. The summed E-state index contributed by atoms with van der Waals surface area (Å²) in [7, 11) is 0. The predicted molar refractivity (Wildman–Crippen MR) is 68.1 cm³/mol. The van der Waals surface area contributed by atoms with Crippen molar-refractivity contribution in [3.8, 4) is 0 Å². The maximum absolute atomic E-state index is 3.80. The zero-order valence-electron chi connectivity index (χ0n) is 10.7. The van der Waals surface area contributed by atoms with Crippen molar-refractivity contribution in [3.63, 3.8) is 0 Å². The lowest BCUT2D eigenvalue weighted by Gasteiger charge is -2.23. The summed E-state index contributed by atoms with van der Waals surface area (Å²) >= 11 is 0. The highest BCUT2D eigenvalue weighted by molar-refractivity contribution is 4.83. The van der Waals surface area contributed by atoms with Crippen molar-refractivity contribution in [2.75, 3.05) is 0 Å². The van der Waals surface area contributed by atoms with Gasteiger partial charge in [-0.05, 0) is 44.4 Å². The summed E-state index contributed by atoms with van der Waals surface area (Å²) in [4.78, 5) is 0. The maximum atomic E-state index is 3.80. The molecule has 0 heterocycles. The highest BCUT2D eigenvalue weighted by atomic mass is 14.9. The normalized spacial score (nSPS) is 28.1. The van der Waals surface area contributed by atoms with Crippen LogP contribution in [0.25, 0.3) is 0 Å². The average Bonchev–Trinajstić information content (AvgIpc) is 2.28. The first-order valence-electron chi connectivity index (χ1n) is 6.40. The molecular formula is C14H27N. The van der Waals surface area contributed by atoms with Gasteiger partial charge in [0.25, 0.3) is 0 Å². The van der Waals surface area contributed by atoms with E-state index in [9.17, 15) is 0 Å². The first kappa shape index (κ1) is 12.8. The van der Waals surface area contributed by atoms with E-state index in [0.717, 1.165) is 12.5 Å². The largest absolute Gasteiger partial charge is 0.311 e. The molecule has 0 amide bonds. The van der Waals surface area contributed by atoms with Crippen molar-refractivity contribution in [1.82, 2.24) is 5.32 Å². The van der Waals surface area contributed by atoms with Crippen LogP contribution in [0.4, 0.5) is 0 Å². The van der Waals surface area contributed by atoms with Crippen LogP contribution in [0.1, 0.15) is 59.3 Å². The SMILES string of the molecule is C=CCC(C)NC1CCCC(C)(C)CC1. The molecule has 1 nitrogen and oxygen atoms in total. The van der Waals surface area contributed by atoms with Crippen LogP contribution in [-0.4, -0.2) is 12.1 Å². The van der Waals surface area contributed by atoms with Crippen LogP contribution in [0.15, 0.2) is 12.7 Å². The summed E-state index contributed by atoms with van der Waals surface area (Å²) in [6.07, 6.45) is 9.93. The Morgan fingerprint density at radius 3 is 2.80 bits per heavy atom. The van der Waals surface area contributed by atoms with Gasteiger partial charge >= 0.3 is 0 Å². The molecule has 0 aliphatic heterocycles. The molecule has 1 fully saturated rings. The van der Waals surface area contributed by atoms with Gasteiger partial charge in [-0.1, -0.05) is 26.3 Å². The molecule has 0 aromatic heterocycles. The minimum absolute atomic E-state index is 0.568. The van der Waals surface area contributed by atoms with E-state index in [1.165, 1.54) is 32.1 Å². The Balaban J connectivity index is 2.34. The number of hydrogen-bond acceptors (Lipinski definition) is 1. The molecule has 2 atom stereocenters. The van der Waals surface area contributed by atoms with Gasteiger partial charge in [-0.3, -0.25) is 0 Å². The van der Waals surface area contributed by atoms with E-state index < -0.39 is 0 Å². The van der Waals surface area contributed by atoms with Gasteiger partial charge in [-0.15, -0.1) is 6.58 Å². The van der Waals surface area contributed by atoms with E-state index in [0.29, 0.717) is 11.5 Å². The summed E-state index contributed by atoms with van der Waals surface area (Å²) in [6.45, 7) is 10.9. The second kappa shape index (κ2) is 5.69. The Morgan fingerprint density at radius 2 is 2.13 bits per heavy atom. The average molecular weight is 209 g/mol. The minimum Gasteiger partial charge on any atom is -0.311 e. The molecular weight excluding hydrogens is 182 g/mol. The van der Waals surface area contributed by atoms with Crippen LogP contribution >= 0.6 is 0 Å². The second-order valence-corrected chi connectivity index (χ2v) is 5.88. The van der Waals surface area contributed by atoms with E-state index in [1.54, 1.807) is 0 Å². The predicted octanol–water partition coefficient (Wildman–Crippen LogP) is 3.90. The van der Waals surface area contributed by atoms with Gasteiger partial charge in [0.1, 0.15) is 0 Å². The van der Waals surface area contributed by atoms with Gasteiger partial charge in [0, 0.05) is 12.1 Å². The summed E-state index contributed by atoms with van der Waals surface area (Å²) in [6, 6.07) is 1.33.